The van der Waals surface area contributed by atoms with Crippen molar-refractivity contribution in [1.29, 1.82) is 0 Å². The van der Waals surface area contributed by atoms with Crippen molar-refractivity contribution >= 4 is 11.2 Å². The second-order valence-electron chi connectivity index (χ2n) is 4.23. The quantitative estimate of drug-likeness (QED) is 0.635. The highest BCUT2D eigenvalue weighted by Gasteiger charge is 2.43. The number of aromatic nitrogens is 3. The lowest BCUT2D eigenvalue weighted by Gasteiger charge is -2.16. The number of aliphatic hydroxyl groups is 3. The Bertz CT molecular complexity index is 558. The van der Waals surface area contributed by atoms with Crippen LogP contribution in [0, 0.1) is 0 Å². The maximum absolute atomic E-state index is 9.93. The molecule has 3 rings (SSSR count). The molecule has 1 aliphatic rings. The van der Waals surface area contributed by atoms with Gasteiger partial charge in [0, 0.05) is 6.20 Å². The minimum Gasteiger partial charge on any atom is -0.394 e. The minimum atomic E-state index is -1.12. The Morgan fingerprint density at radius 3 is 2.83 bits per heavy atom. The van der Waals surface area contributed by atoms with Crippen molar-refractivity contribution in [3.05, 3.63) is 24.7 Å². The summed E-state index contributed by atoms with van der Waals surface area (Å²) in [6, 6.07) is 3.55. The van der Waals surface area contributed by atoms with E-state index in [1.807, 2.05) is 0 Å². The zero-order chi connectivity index (χ0) is 12.7. The fourth-order valence-electron chi connectivity index (χ4n) is 2.16. The first kappa shape index (κ1) is 11.5. The molecule has 1 saturated heterocycles. The highest BCUT2D eigenvalue weighted by atomic mass is 16.6. The number of nitrogens with zero attached hydrogens (tertiary/aromatic N) is 3. The van der Waals surface area contributed by atoms with Gasteiger partial charge < -0.3 is 20.1 Å². The van der Waals surface area contributed by atoms with Crippen LogP contribution in [0.3, 0.4) is 0 Å². The fourth-order valence-corrected chi connectivity index (χ4v) is 2.16. The Hall–Kier alpha value is -1.54. The summed E-state index contributed by atoms with van der Waals surface area (Å²) in [5.41, 5.74) is 1.24. The zero-order valence-corrected chi connectivity index (χ0v) is 9.42. The largest absolute Gasteiger partial charge is 0.394 e. The smallest absolute Gasteiger partial charge is 0.165 e. The first-order chi connectivity index (χ1) is 8.72. The fraction of sp³-hybridized carbons (Fsp3) is 0.455. The lowest BCUT2D eigenvalue weighted by molar-refractivity contribution is -0.0511. The summed E-state index contributed by atoms with van der Waals surface area (Å²) < 4.78 is 6.98. The number of ether oxygens (including phenoxy) is 1. The average molecular weight is 251 g/mol. The Morgan fingerprint density at radius 1 is 1.28 bits per heavy atom. The molecule has 7 heteroatoms. The maximum Gasteiger partial charge on any atom is 0.165 e. The van der Waals surface area contributed by atoms with Crippen molar-refractivity contribution in [1.82, 2.24) is 14.5 Å². The molecule has 0 aromatic carbocycles. The van der Waals surface area contributed by atoms with Gasteiger partial charge >= 0.3 is 0 Å². The van der Waals surface area contributed by atoms with Gasteiger partial charge in [0.1, 0.15) is 23.8 Å². The standard InChI is InChI=1S/C11H13N3O4/c15-4-7-8(16)9(17)11(18-7)14-5-13-6-2-1-3-12-10(6)14/h1-3,5,7-9,11,15-17H,4H2/t7-,8+,9+,11-/m0/s1. The molecule has 0 unspecified atom stereocenters. The summed E-state index contributed by atoms with van der Waals surface area (Å²) in [5.74, 6) is 0. The molecule has 0 aliphatic carbocycles. The molecule has 2 aromatic rings. The Morgan fingerprint density at radius 2 is 2.11 bits per heavy atom. The Balaban J connectivity index is 2.00. The van der Waals surface area contributed by atoms with E-state index >= 15 is 0 Å². The highest BCUT2D eigenvalue weighted by molar-refractivity contribution is 5.70. The van der Waals surface area contributed by atoms with Gasteiger partial charge in [-0.15, -0.1) is 0 Å². The summed E-state index contributed by atoms with van der Waals surface area (Å²) >= 11 is 0. The van der Waals surface area contributed by atoms with Crippen LogP contribution in [0.2, 0.25) is 0 Å². The van der Waals surface area contributed by atoms with E-state index in [4.69, 9.17) is 9.84 Å². The van der Waals surface area contributed by atoms with Crippen LogP contribution in [0.1, 0.15) is 6.23 Å². The molecule has 0 radical (unpaired) electrons. The molecule has 0 amide bonds. The summed E-state index contributed by atoms with van der Waals surface area (Å²) in [7, 11) is 0. The maximum atomic E-state index is 9.93. The van der Waals surface area contributed by atoms with E-state index in [-0.39, 0.29) is 6.61 Å². The first-order valence-corrected chi connectivity index (χ1v) is 5.62. The lowest BCUT2D eigenvalue weighted by atomic mass is 10.1. The summed E-state index contributed by atoms with van der Waals surface area (Å²) in [6.45, 7) is -0.352. The molecule has 3 heterocycles. The van der Waals surface area contributed by atoms with E-state index in [2.05, 4.69) is 9.97 Å². The van der Waals surface area contributed by atoms with Crippen LogP contribution in [0.25, 0.3) is 11.2 Å². The van der Waals surface area contributed by atoms with E-state index in [1.165, 1.54) is 6.33 Å². The zero-order valence-electron chi connectivity index (χ0n) is 9.42. The molecule has 7 nitrogen and oxygen atoms in total. The molecular weight excluding hydrogens is 238 g/mol. The van der Waals surface area contributed by atoms with Gasteiger partial charge in [0.25, 0.3) is 0 Å². The molecule has 0 spiro atoms. The molecule has 4 atom stereocenters. The third kappa shape index (κ3) is 1.60. The van der Waals surface area contributed by atoms with Gasteiger partial charge in [-0.25, -0.2) is 9.97 Å². The van der Waals surface area contributed by atoms with Crippen LogP contribution in [-0.2, 0) is 4.74 Å². The van der Waals surface area contributed by atoms with Crippen molar-refractivity contribution in [2.75, 3.05) is 6.61 Å². The predicted octanol–water partition coefficient (Wildman–Crippen LogP) is -0.957. The van der Waals surface area contributed by atoms with E-state index in [1.54, 1.807) is 22.9 Å². The molecule has 96 valence electrons. The molecule has 1 fully saturated rings. The Labute approximate surface area is 102 Å². The number of imidazole rings is 1. The summed E-state index contributed by atoms with van der Waals surface area (Å²) in [5, 5.41) is 28.7. The second kappa shape index (κ2) is 4.29. The van der Waals surface area contributed by atoms with E-state index in [0.29, 0.717) is 11.2 Å². The van der Waals surface area contributed by atoms with Crippen molar-refractivity contribution in [3.63, 3.8) is 0 Å². The van der Waals surface area contributed by atoms with Gasteiger partial charge in [-0.1, -0.05) is 0 Å². The van der Waals surface area contributed by atoms with Gasteiger partial charge in [0.05, 0.1) is 12.9 Å². The van der Waals surface area contributed by atoms with Gasteiger partial charge in [-0.05, 0) is 12.1 Å². The lowest BCUT2D eigenvalue weighted by Crippen LogP contribution is -2.33. The highest BCUT2D eigenvalue weighted by Crippen LogP contribution is 2.30. The number of pyridine rings is 1. The topological polar surface area (TPSA) is 101 Å². The van der Waals surface area contributed by atoms with Crippen molar-refractivity contribution in [2.45, 2.75) is 24.5 Å². The number of hydrogen-bond donors (Lipinski definition) is 3. The van der Waals surface area contributed by atoms with Crippen molar-refractivity contribution < 1.29 is 20.1 Å². The number of fused-ring (bicyclic) bond motifs is 1. The van der Waals surface area contributed by atoms with Gasteiger partial charge in [0.15, 0.2) is 11.9 Å². The summed E-state index contributed by atoms with van der Waals surface area (Å²) in [6.07, 6.45) is -0.731. The molecule has 0 saturated carbocycles. The number of aliphatic hydroxyl groups excluding tert-OH is 3. The van der Waals surface area contributed by atoms with E-state index < -0.39 is 24.5 Å². The monoisotopic (exact) mass is 251 g/mol. The van der Waals surface area contributed by atoms with Crippen LogP contribution in [-0.4, -0.2) is 54.8 Å². The minimum absolute atomic E-state index is 0.352. The third-order valence-corrected chi connectivity index (χ3v) is 3.12. The normalized spacial score (nSPS) is 32.2. The predicted molar refractivity (Wildman–Crippen MR) is 60.5 cm³/mol. The van der Waals surface area contributed by atoms with Crippen LogP contribution in [0.4, 0.5) is 0 Å². The van der Waals surface area contributed by atoms with Crippen molar-refractivity contribution in [3.8, 4) is 0 Å². The SMILES string of the molecule is OC[C@@H]1O[C@H](n2cnc3cccnc32)[C@H](O)[C@@H]1O. The second-order valence-corrected chi connectivity index (χ2v) is 4.23. The van der Waals surface area contributed by atoms with E-state index in [0.717, 1.165) is 0 Å². The van der Waals surface area contributed by atoms with Crippen LogP contribution in [0.15, 0.2) is 24.7 Å². The Kier molecular flexibility index (Phi) is 2.75. The average Bonchev–Trinajstić information content (AvgIpc) is 2.93. The number of rotatable bonds is 2. The van der Waals surface area contributed by atoms with Crippen LogP contribution in [0.5, 0.6) is 0 Å². The molecular formula is C11H13N3O4. The van der Waals surface area contributed by atoms with Gasteiger partial charge in [-0.2, -0.15) is 0 Å². The molecule has 2 aromatic heterocycles. The third-order valence-electron chi connectivity index (χ3n) is 3.12. The van der Waals surface area contributed by atoms with Crippen LogP contribution >= 0.6 is 0 Å². The molecule has 18 heavy (non-hydrogen) atoms. The van der Waals surface area contributed by atoms with Crippen molar-refractivity contribution in [2.24, 2.45) is 0 Å². The molecule has 1 aliphatic heterocycles. The molecule has 0 bridgehead atoms. The first-order valence-electron chi connectivity index (χ1n) is 5.62. The van der Waals surface area contributed by atoms with Crippen LogP contribution < -0.4 is 0 Å². The van der Waals surface area contributed by atoms with Gasteiger partial charge in [-0.3, -0.25) is 4.57 Å². The van der Waals surface area contributed by atoms with E-state index in [9.17, 15) is 10.2 Å². The number of hydrogen-bond acceptors (Lipinski definition) is 6. The molecule has 3 N–H and O–H groups in total. The van der Waals surface area contributed by atoms with Gasteiger partial charge in [0.2, 0.25) is 0 Å². The summed E-state index contributed by atoms with van der Waals surface area (Å²) in [4.78, 5) is 8.30.